The Kier molecular flexibility index (Phi) is 10.0. The predicted octanol–water partition coefficient (Wildman–Crippen LogP) is 6.99. The highest BCUT2D eigenvalue weighted by atomic mass is 16.5. The van der Waals surface area contributed by atoms with Crippen LogP contribution in [-0.4, -0.2) is 35.8 Å². The molecule has 4 aromatic carbocycles. The van der Waals surface area contributed by atoms with Crippen molar-refractivity contribution in [2.75, 3.05) is 13.2 Å². The van der Waals surface area contributed by atoms with Gasteiger partial charge in [0.2, 0.25) is 5.91 Å². The van der Waals surface area contributed by atoms with E-state index in [0.717, 1.165) is 17.5 Å². The van der Waals surface area contributed by atoms with Gasteiger partial charge in [0.15, 0.2) is 0 Å². The number of benzene rings is 4. The summed E-state index contributed by atoms with van der Waals surface area (Å²) in [4.78, 5) is 41.4. The van der Waals surface area contributed by atoms with Crippen LogP contribution in [0.4, 0.5) is 0 Å². The van der Waals surface area contributed by atoms with Gasteiger partial charge >= 0.3 is 5.97 Å². The van der Waals surface area contributed by atoms with E-state index in [1.54, 1.807) is 24.8 Å². The Bertz CT molecular complexity index is 1580. The van der Waals surface area contributed by atoms with Gasteiger partial charge in [-0.15, -0.1) is 0 Å². The first-order valence-electron chi connectivity index (χ1n) is 15.2. The lowest BCUT2D eigenvalue weighted by Gasteiger charge is -2.34. The van der Waals surface area contributed by atoms with E-state index in [-0.39, 0.29) is 43.2 Å². The third-order valence-corrected chi connectivity index (χ3v) is 8.17. The third kappa shape index (κ3) is 7.14. The molecule has 1 heterocycles. The average Bonchev–Trinajstić information content (AvgIpc) is 3.06. The molecule has 0 fully saturated rings. The third-order valence-electron chi connectivity index (χ3n) is 8.17. The zero-order valence-electron chi connectivity index (χ0n) is 25.2. The number of hydrogen-bond acceptors (Lipinski definition) is 4. The van der Waals surface area contributed by atoms with Crippen LogP contribution in [-0.2, 0) is 20.9 Å². The molecule has 6 heteroatoms. The van der Waals surface area contributed by atoms with Crippen molar-refractivity contribution in [2.45, 2.75) is 45.1 Å². The van der Waals surface area contributed by atoms with E-state index >= 15 is 0 Å². The first-order valence-corrected chi connectivity index (χ1v) is 15.2. The molecule has 1 aliphatic rings. The van der Waals surface area contributed by atoms with Gasteiger partial charge in [-0.3, -0.25) is 9.59 Å². The summed E-state index contributed by atoms with van der Waals surface area (Å²) in [6.45, 7) is 4.58. The number of ether oxygens (including phenoxy) is 1. The minimum Gasteiger partial charge on any atom is -0.463 e. The fourth-order valence-corrected chi connectivity index (χ4v) is 5.97. The summed E-state index contributed by atoms with van der Waals surface area (Å²) < 4.78 is 5.41. The topological polar surface area (TPSA) is 75.7 Å². The zero-order valence-corrected chi connectivity index (χ0v) is 25.2. The van der Waals surface area contributed by atoms with Crippen molar-refractivity contribution in [1.29, 1.82) is 0 Å². The minimum absolute atomic E-state index is 0.0767. The first-order chi connectivity index (χ1) is 21.5. The fourth-order valence-electron chi connectivity index (χ4n) is 5.97. The van der Waals surface area contributed by atoms with Crippen molar-refractivity contribution < 1.29 is 19.1 Å². The van der Waals surface area contributed by atoms with Crippen LogP contribution in [0.15, 0.2) is 127 Å². The Hall–Kier alpha value is -4.97. The van der Waals surface area contributed by atoms with Crippen LogP contribution in [0.25, 0.3) is 0 Å². The molecule has 6 nitrogen and oxygen atoms in total. The van der Waals surface area contributed by atoms with Crippen molar-refractivity contribution in [3.05, 3.63) is 154 Å². The van der Waals surface area contributed by atoms with Crippen LogP contribution < -0.4 is 5.32 Å². The standard InChI is InChI=1S/C38H38N2O4/c1-3-44-38(43)36-27(2)40(35(41)25-34(36)31-19-11-6-12-20-31)26-28-14-13-21-32(24-28)37(42)39-23-22-33(29-15-7-4-8-16-29)30-17-9-5-10-18-30/h4-21,24,33-34H,3,22-23,25-26H2,1-2H3,(H,39,42). The summed E-state index contributed by atoms with van der Waals surface area (Å²) in [6, 6.07) is 37.6. The van der Waals surface area contributed by atoms with Crippen LogP contribution in [0.5, 0.6) is 0 Å². The van der Waals surface area contributed by atoms with Gasteiger partial charge in [0.05, 0.1) is 18.7 Å². The molecule has 0 bridgehead atoms. The van der Waals surface area contributed by atoms with Crippen molar-refractivity contribution in [1.82, 2.24) is 10.2 Å². The van der Waals surface area contributed by atoms with Crippen LogP contribution in [0.1, 0.15) is 71.1 Å². The molecule has 0 aliphatic carbocycles. The molecule has 1 aliphatic heterocycles. The summed E-state index contributed by atoms with van der Waals surface area (Å²) >= 11 is 0. The molecule has 2 amide bonds. The van der Waals surface area contributed by atoms with Gasteiger partial charge < -0.3 is 15.0 Å². The highest BCUT2D eigenvalue weighted by molar-refractivity contribution is 5.96. The lowest BCUT2D eigenvalue weighted by molar-refractivity contribution is -0.140. The van der Waals surface area contributed by atoms with Crippen LogP contribution in [0.2, 0.25) is 0 Å². The van der Waals surface area contributed by atoms with E-state index in [9.17, 15) is 14.4 Å². The summed E-state index contributed by atoms with van der Waals surface area (Å²) in [5.74, 6) is -0.856. The van der Waals surface area contributed by atoms with Crippen molar-refractivity contribution >= 4 is 17.8 Å². The summed E-state index contributed by atoms with van der Waals surface area (Å²) in [5.41, 5.74) is 5.73. The second-order valence-electron chi connectivity index (χ2n) is 11.0. The second kappa shape index (κ2) is 14.5. The summed E-state index contributed by atoms with van der Waals surface area (Å²) in [7, 11) is 0. The van der Waals surface area contributed by atoms with E-state index in [4.69, 9.17) is 4.74 Å². The molecule has 0 radical (unpaired) electrons. The van der Waals surface area contributed by atoms with Crippen LogP contribution in [0.3, 0.4) is 0 Å². The molecule has 1 atom stereocenters. The molecule has 0 saturated heterocycles. The Labute approximate surface area is 259 Å². The van der Waals surface area contributed by atoms with Gasteiger partial charge in [0, 0.05) is 36.1 Å². The molecular weight excluding hydrogens is 548 g/mol. The number of allylic oxidation sites excluding steroid dienone is 1. The number of hydrogen-bond donors (Lipinski definition) is 1. The Morgan fingerprint density at radius 3 is 2.09 bits per heavy atom. The maximum Gasteiger partial charge on any atom is 0.336 e. The first kappa shape index (κ1) is 30.5. The van der Waals surface area contributed by atoms with Gasteiger partial charge in [0.1, 0.15) is 0 Å². The molecular formula is C38H38N2O4. The van der Waals surface area contributed by atoms with Gasteiger partial charge in [-0.1, -0.05) is 103 Å². The van der Waals surface area contributed by atoms with Crippen molar-refractivity contribution in [3.63, 3.8) is 0 Å². The van der Waals surface area contributed by atoms with Gasteiger partial charge in [-0.05, 0) is 54.7 Å². The quantitative estimate of drug-likeness (QED) is 0.192. The molecule has 1 N–H and O–H groups in total. The normalized spacial score (nSPS) is 14.9. The van der Waals surface area contributed by atoms with Gasteiger partial charge in [-0.2, -0.15) is 0 Å². The average molecular weight is 587 g/mol. The maximum atomic E-state index is 13.4. The molecule has 1 unspecified atom stereocenters. The number of nitrogens with one attached hydrogen (secondary N) is 1. The van der Waals surface area contributed by atoms with Crippen LogP contribution >= 0.6 is 0 Å². The fraction of sp³-hybridized carbons (Fsp3) is 0.237. The second-order valence-corrected chi connectivity index (χ2v) is 11.0. The molecule has 0 aromatic heterocycles. The molecule has 224 valence electrons. The number of rotatable bonds is 11. The monoisotopic (exact) mass is 586 g/mol. The molecule has 44 heavy (non-hydrogen) atoms. The minimum atomic E-state index is -0.409. The number of carbonyl (C=O) groups is 3. The number of esters is 1. The van der Waals surface area contributed by atoms with Crippen molar-refractivity contribution in [3.8, 4) is 0 Å². The van der Waals surface area contributed by atoms with E-state index < -0.39 is 5.97 Å². The number of amides is 2. The summed E-state index contributed by atoms with van der Waals surface area (Å²) in [5, 5.41) is 3.09. The highest BCUT2D eigenvalue weighted by Crippen LogP contribution is 2.37. The predicted molar refractivity (Wildman–Crippen MR) is 172 cm³/mol. The van der Waals surface area contributed by atoms with Gasteiger partial charge in [-0.25, -0.2) is 4.79 Å². The van der Waals surface area contributed by atoms with E-state index in [2.05, 4.69) is 29.6 Å². The largest absolute Gasteiger partial charge is 0.463 e. The smallest absolute Gasteiger partial charge is 0.336 e. The highest BCUT2D eigenvalue weighted by Gasteiger charge is 2.36. The van der Waals surface area contributed by atoms with E-state index in [1.165, 1.54) is 11.1 Å². The number of carbonyl (C=O) groups excluding carboxylic acids is 3. The molecule has 5 rings (SSSR count). The van der Waals surface area contributed by atoms with E-state index in [0.29, 0.717) is 23.4 Å². The van der Waals surface area contributed by atoms with Crippen molar-refractivity contribution in [2.24, 2.45) is 0 Å². The Morgan fingerprint density at radius 2 is 1.48 bits per heavy atom. The SMILES string of the molecule is CCOC(=O)C1=C(C)N(Cc2cccc(C(=O)NCCC(c3ccccc3)c3ccccc3)c2)C(=O)CC1c1ccccc1. The lowest BCUT2D eigenvalue weighted by atomic mass is 9.83. The zero-order chi connectivity index (χ0) is 30.9. The molecule has 0 saturated carbocycles. The Balaban J connectivity index is 1.30. The maximum absolute atomic E-state index is 13.4. The number of nitrogens with zero attached hydrogens (tertiary/aromatic N) is 1. The van der Waals surface area contributed by atoms with Crippen LogP contribution in [0, 0.1) is 0 Å². The lowest BCUT2D eigenvalue weighted by Crippen LogP contribution is -2.38. The van der Waals surface area contributed by atoms with E-state index in [1.807, 2.05) is 84.9 Å². The van der Waals surface area contributed by atoms with Gasteiger partial charge in [0.25, 0.3) is 5.91 Å². The summed E-state index contributed by atoms with van der Waals surface area (Å²) in [6.07, 6.45) is 0.921. The molecule has 4 aromatic rings. The molecule has 0 spiro atoms. The Morgan fingerprint density at radius 1 is 0.864 bits per heavy atom.